The third-order valence-corrected chi connectivity index (χ3v) is 8.53. The summed E-state index contributed by atoms with van der Waals surface area (Å²) in [4.78, 5) is 42.2. The van der Waals surface area contributed by atoms with Crippen LogP contribution in [0, 0.1) is 0 Å². The van der Waals surface area contributed by atoms with Crippen molar-refractivity contribution in [2.75, 3.05) is 49.1 Å². The van der Waals surface area contributed by atoms with E-state index in [9.17, 15) is 27.9 Å². The van der Waals surface area contributed by atoms with E-state index in [1.165, 1.54) is 6.07 Å². The zero-order chi connectivity index (χ0) is 30.3. The molecular formula is C31H33F3N6O3. The average molecular weight is 595 g/mol. The SMILES string of the molecule is CC1CN(c2ccc(C(F)(F)F)cc2-c2cnc(N3CCC(O)CC3)nc2)CCN1C(=O)CN1Cc2ccccc2C1=O. The van der Waals surface area contributed by atoms with Crippen LogP contribution in [-0.4, -0.2) is 88.1 Å². The molecule has 4 heterocycles. The van der Waals surface area contributed by atoms with E-state index >= 15 is 0 Å². The molecule has 0 saturated carbocycles. The van der Waals surface area contributed by atoms with Crippen molar-refractivity contribution in [1.29, 1.82) is 0 Å². The lowest BCUT2D eigenvalue weighted by Gasteiger charge is -2.42. The highest BCUT2D eigenvalue weighted by atomic mass is 19.4. The van der Waals surface area contributed by atoms with Crippen molar-refractivity contribution in [3.63, 3.8) is 0 Å². The molecule has 0 radical (unpaired) electrons. The quantitative estimate of drug-likeness (QED) is 0.480. The third kappa shape index (κ3) is 5.88. The van der Waals surface area contributed by atoms with Crippen molar-refractivity contribution in [3.05, 3.63) is 71.5 Å². The largest absolute Gasteiger partial charge is 0.416 e. The minimum atomic E-state index is -4.52. The first-order chi connectivity index (χ1) is 20.6. The van der Waals surface area contributed by atoms with Crippen molar-refractivity contribution < 1.29 is 27.9 Å². The fourth-order valence-corrected chi connectivity index (χ4v) is 6.15. The third-order valence-electron chi connectivity index (χ3n) is 8.53. The Morgan fingerprint density at radius 1 is 0.977 bits per heavy atom. The maximum atomic E-state index is 13.7. The predicted octanol–water partition coefficient (Wildman–Crippen LogP) is 3.82. The van der Waals surface area contributed by atoms with Gasteiger partial charge in [-0.15, -0.1) is 0 Å². The fraction of sp³-hybridized carbons (Fsp3) is 0.419. The van der Waals surface area contributed by atoms with E-state index in [0.29, 0.717) is 80.4 Å². The Hall–Kier alpha value is -4.19. The number of aliphatic hydroxyl groups excluding tert-OH is 1. The summed E-state index contributed by atoms with van der Waals surface area (Å²) in [7, 11) is 0. The highest BCUT2D eigenvalue weighted by Crippen LogP contribution is 2.38. The number of aromatic nitrogens is 2. The number of carbonyl (C=O) groups excluding carboxylic acids is 2. The summed E-state index contributed by atoms with van der Waals surface area (Å²) in [5.74, 6) is 0.162. The Morgan fingerprint density at radius 3 is 2.37 bits per heavy atom. The summed E-state index contributed by atoms with van der Waals surface area (Å²) in [6, 6.07) is 10.8. The first-order valence-corrected chi connectivity index (χ1v) is 14.5. The van der Waals surface area contributed by atoms with Gasteiger partial charge in [0.05, 0.1) is 11.7 Å². The van der Waals surface area contributed by atoms with Gasteiger partial charge in [-0.25, -0.2) is 9.97 Å². The Balaban J connectivity index is 1.19. The van der Waals surface area contributed by atoms with Gasteiger partial charge >= 0.3 is 6.18 Å². The topological polar surface area (TPSA) is 93.1 Å². The minimum Gasteiger partial charge on any atom is -0.393 e. The molecule has 6 rings (SSSR count). The zero-order valence-electron chi connectivity index (χ0n) is 23.8. The van der Waals surface area contributed by atoms with Crippen molar-refractivity contribution >= 4 is 23.5 Å². The van der Waals surface area contributed by atoms with E-state index in [-0.39, 0.29) is 30.5 Å². The number of halogens is 3. The van der Waals surface area contributed by atoms with Crippen LogP contribution in [0.3, 0.4) is 0 Å². The van der Waals surface area contributed by atoms with E-state index < -0.39 is 11.7 Å². The lowest BCUT2D eigenvalue weighted by atomic mass is 10.0. The molecule has 0 aliphatic carbocycles. The van der Waals surface area contributed by atoms with Crippen LogP contribution < -0.4 is 9.80 Å². The Morgan fingerprint density at radius 2 is 1.70 bits per heavy atom. The first kappa shape index (κ1) is 28.9. The normalized spacial score (nSPS) is 19.7. The number of piperidine rings is 1. The van der Waals surface area contributed by atoms with E-state index in [0.717, 1.165) is 17.7 Å². The smallest absolute Gasteiger partial charge is 0.393 e. The van der Waals surface area contributed by atoms with Crippen LogP contribution in [0.2, 0.25) is 0 Å². The van der Waals surface area contributed by atoms with Gasteiger partial charge in [0.1, 0.15) is 6.54 Å². The molecule has 226 valence electrons. The second-order valence-electron chi connectivity index (χ2n) is 11.4. The summed E-state index contributed by atoms with van der Waals surface area (Å²) in [5.41, 5.74) is 2.19. The second kappa shape index (κ2) is 11.5. The number of nitrogens with zero attached hydrogens (tertiary/aromatic N) is 6. The maximum Gasteiger partial charge on any atom is 0.416 e. The number of anilines is 2. The second-order valence-corrected chi connectivity index (χ2v) is 11.4. The molecule has 2 amide bonds. The number of fused-ring (bicyclic) bond motifs is 1. The predicted molar refractivity (Wildman–Crippen MR) is 154 cm³/mol. The number of hydrogen-bond donors (Lipinski definition) is 1. The summed E-state index contributed by atoms with van der Waals surface area (Å²) in [5, 5.41) is 9.78. The van der Waals surface area contributed by atoms with Gasteiger partial charge in [-0.1, -0.05) is 18.2 Å². The maximum absolute atomic E-state index is 13.7. The van der Waals surface area contributed by atoms with Gasteiger partial charge in [0.25, 0.3) is 5.91 Å². The highest BCUT2D eigenvalue weighted by molar-refractivity contribution is 6.00. The van der Waals surface area contributed by atoms with Gasteiger partial charge in [0.15, 0.2) is 0 Å². The Labute approximate surface area is 247 Å². The summed E-state index contributed by atoms with van der Waals surface area (Å²) in [6.45, 7) is 4.68. The van der Waals surface area contributed by atoms with Gasteiger partial charge in [-0.2, -0.15) is 13.2 Å². The van der Waals surface area contributed by atoms with E-state index in [4.69, 9.17) is 0 Å². The number of aliphatic hydroxyl groups is 1. The molecule has 2 saturated heterocycles. The van der Waals surface area contributed by atoms with Crippen LogP contribution >= 0.6 is 0 Å². The number of amides is 2. The molecule has 0 spiro atoms. The van der Waals surface area contributed by atoms with Crippen molar-refractivity contribution in [2.45, 2.75) is 44.6 Å². The monoisotopic (exact) mass is 594 g/mol. The van der Waals surface area contributed by atoms with E-state index in [2.05, 4.69) is 9.97 Å². The number of hydrogen-bond acceptors (Lipinski definition) is 7. The van der Waals surface area contributed by atoms with Crippen LogP contribution in [0.1, 0.15) is 41.3 Å². The molecule has 9 nitrogen and oxygen atoms in total. The number of alkyl halides is 3. The number of benzene rings is 2. The van der Waals surface area contributed by atoms with Gasteiger partial charge in [0, 0.05) is 80.1 Å². The van der Waals surface area contributed by atoms with Crippen molar-refractivity contribution in [3.8, 4) is 11.1 Å². The molecule has 3 aliphatic heterocycles. The molecule has 0 bridgehead atoms. The molecule has 1 N–H and O–H groups in total. The van der Waals surface area contributed by atoms with Crippen LogP contribution in [0.5, 0.6) is 0 Å². The van der Waals surface area contributed by atoms with Crippen LogP contribution in [0.25, 0.3) is 11.1 Å². The summed E-state index contributed by atoms with van der Waals surface area (Å²) >= 11 is 0. The van der Waals surface area contributed by atoms with Crippen molar-refractivity contribution in [1.82, 2.24) is 19.8 Å². The average Bonchev–Trinajstić information content (AvgIpc) is 3.31. The zero-order valence-corrected chi connectivity index (χ0v) is 23.8. The van der Waals surface area contributed by atoms with Crippen LogP contribution in [0.4, 0.5) is 24.8 Å². The molecule has 1 unspecified atom stereocenters. The molecule has 2 fully saturated rings. The number of carbonyl (C=O) groups is 2. The van der Waals surface area contributed by atoms with Gasteiger partial charge in [-0.3, -0.25) is 9.59 Å². The van der Waals surface area contributed by atoms with Gasteiger partial charge in [-0.05, 0) is 49.6 Å². The Bertz CT molecular complexity index is 1510. The molecule has 2 aromatic carbocycles. The molecule has 3 aliphatic rings. The van der Waals surface area contributed by atoms with E-state index in [1.807, 2.05) is 28.9 Å². The standard InChI is InChI=1S/C31H33F3N6O3/c1-20-17-38(12-13-40(20)28(42)19-39-18-21-4-2-3-5-25(21)29(39)43)27-7-6-23(31(32,33)34)14-26(27)22-15-35-30(36-16-22)37-10-8-24(41)9-11-37/h2-7,14-16,20,24,41H,8-13,17-19H2,1H3. The summed E-state index contributed by atoms with van der Waals surface area (Å²) in [6.07, 6.45) is -0.564. The van der Waals surface area contributed by atoms with Gasteiger partial charge < -0.3 is 24.7 Å². The van der Waals surface area contributed by atoms with Crippen LogP contribution in [0.15, 0.2) is 54.9 Å². The number of piperazine rings is 1. The summed E-state index contributed by atoms with van der Waals surface area (Å²) < 4.78 is 41.2. The number of rotatable bonds is 5. The van der Waals surface area contributed by atoms with Crippen LogP contribution in [-0.2, 0) is 17.5 Å². The molecule has 43 heavy (non-hydrogen) atoms. The van der Waals surface area contributed by atoms with Gasteiger partial charge in [0.2, 0.25) is 11.9 Å². The Kier molecular flexibility index (Phi) is 7.72. The molecular weight excluding hydrogens is 561 g/mol. The fourth-order valence-electron chi connectivity index (χ4n) is 6.15. The first-order valence-electron chi connectivity index (χ1n) is 14.5. The molecule has 12 heteroatoms. The molecule has 1 atom stereocenters. The lowest BCUT2D eigenvalue weighted by Crippen LogP contribution is -2.56. The van der Waals surface area contributed by atoms with E-state index in [1.54, 1.807) is 34.3 Å². The van der Waals surface area contributed by atoms with Crippen molar-refractivity contribution in [2.24, 2.45) is 0 Å². The highest BCUT2D eigenvalue weighted by Gasteiger charge is 2.35. The minimum absolute atomic E-state index is 0.0248. The molecule has 1 aromatic heterocycles. The molecule has 3 aromatic rings. The lowest BCUT2D eigenvalue weighted by molar-refractivity contribution is -0.137.